The number of amides is 2. The molecule has 0 aliphatic carbocycles. The van der Waals surface area contributed by atoms with Crippen molar-refractivity contribution in [3.63, 3.8) is 0 Å². The van der Waals surface area contributed by atoms with Gasteiger partial charge in [-0.2, -0.15) is 0 Å². The topological polar surface area (TPSA) is 86.8 Å². The monoisotopic (exact) mass is 639 g/mol. The second kappa shape index (κ2) is 13.0. The summed E-state index contributed by atoms with van der Waals surface area (Å²) in [6.07, 6.45) is 0. The van der Waals surface area contributed by atoms with Gasteiger partial charge in [0.15, 0.2) is 0 Å². The third-order valence-corrected chi connectivity index (χ3v) is 8.65. The number of nitrogens with one attached hydrogen (secondary N) is 1. The number of carbonyl (C=O) groups excluding carboxylic acids is 2. The molecule has 0 bridgehead atoms. The minimum atomic E-state index is -4.24. The zero-order chi connectivity index (χ0) is 28.0. The number of aryl methyl sites for hydroxylation is 1. The third kappa shape index (κ3) is 7.28. The number of benzene rings is 3. The van der Waals surface area contributed by atoms with E-state index in [4.69, 9.17) is 23.2 Å². The summed E-state index contributed by atoms with van der Waals surface area (Å²) in [5.41, 5.74) is 1.70. The lowest BCUT2D eigenvalue weighted by molar-refractivity contribution is -0.139. The van der Waals surface area contributed by atoms with Gasteiger partial charge >= 0.3 is 0 Å². The molecule has 0 saturated carbocycles. The first-order valence-electron chi connectivity index (χ1n) is 11.8. The molecule has 0 fully saturated rings. The van der Waals surface area contributed by atoms with E-state index in [2.05, 4.69) is 21.2 Å². The van der Waals surface area contributed by atoms with Gasteiger partial charge in [0.2, 0.25) is 11.8 Å². The molecule has 3 aromatic carbocycles. The predicted molar refractivity (Wildman–Crippen MR) is 155 cm³/mol. The van der Waals surface area contributed by atoms with Gasteiger partial charge in [0.05, 0.1) is 15.6 Å². The van der Waals surface area contributed by atoms with E-state index in [1.807, 2.05) is 31.2 Å². The molecule has 0 heterocycles. The van der Waals surface area contributed by atoms with Gasteiger partial charge in [-0.1, -0.05) is 69.0 Å². The third-order valence-electron chi connectivity index (χ3n) is 5.82. The molecule has 1 atom stereocenters. The number of rotatable bonds is 10. The summed E-state index contributed by atoms with van der Waals surface area (Å²) in [6.45, 7) is 5.09. The fourth-order valence-corrected chi connectivity index (χ4v) is 6.07. The molecule has 0 aliphatic rings. The van der Waals surface area contributed by atoms with Crippen molar-refractivity contribution < 1.29 is 18.0 Å². The summed E-state index contributed by atoms with van der Waals surface area (Å²) in [4.78, 5) is 28.0. The number of sulfonamides is 1. The van der Waals surface area contributed by atoms with Gasteiger partial charge in [0.25, 0.3) is 10.0 Å². The maximum atomic E-state index is 13.8. The van der Waals surface area contributed by atoms with Crippen LogP contribution in [0.1, 0.15) is 25.0 Å². The van der Waals surface area contributed by atoms with Crippen molar-refractivity contribution in [1.29, 1.82) is 0 Å². The molecular formula is C27H28BrCl2N3O4S. The lowest BCUT2D eigenvalue weighted by Gasteiger charge is -2.32. The SMILES string of the molecule is CCNC(=O)[C@@H](C)N(Cc1cccc(Br)c1)C(=O)CN(c1cc(Cl)ccc1Cl)S(=O)(=O)c1ccc(C)cc1. The standard InChI is InChI=1S/C27H28BrCl2N3O4S/c1-4-31-27(35)19(3)32(16-20-6-5-7-21(28)14-20)26(34)17-33(25-15-22(29)10-13-24(25)30)38(36,37)23-11-8-18(2)9-12-23/h5-15,19H,4,16-17H2,1-3H3,(H,31,35)/t19-/m1/s1. The Labute approximate surface area is 241 Å². The van der Waals surface area contributed by atoms with Crippen molar-refractivity contribution in [3.05, 3.63) is 92.4 Å². The number of anilines is 1. The molecule has 38 heavy (non-hydrogen) atoms. The van der Waals surface area contributed by atoms with E-state index in [1.54, 1.807) is 26.0 Å². The van der Waals surface area contributed by atoms with E-state index in [9.17, 15) is 18.0 Å². The molecule has 0 aromatic heterocycles. The molecule has 0 unspecified atom stereocenters. The van der Waals surface area contributed by atoms with Crippen molar-refractivity contribution in [2.75, 3.05) is 17.4 Å². The van der Waals surface area contributed by atoms with E-state index in [-0.39, 0.29) is 33.1 Å². The zero-order valence-electron chi connectivity index (χ0n) is 21.1. The highest BCUT2D eigenvalue weighted by atomic mass is 79.9. The molecule has 2 amide bonds. The average molecular weight is 641 g/mol. The number of hydrogen-bond donors (Lipinski definition) is 1. The van der Waals surface area contributed by atoms with E-state index < -0.39 is 28.5 Å². The summed E-state index contributed by atoms with van der Waals surface area (Å²) in [6, 6.07) is 17.1. The molecule has 11 heteroatoms. The Hall–Kier alpha value is -2.59. The van der Waals surface area contributed by atoms with Gasteiger partial charge in [0.1, 0.15) is 12.6 Å². The molecule has 0 aliphatic heterocycles. The van der Waals surface area contributed by atoms with Crippen LogP contribution < -0.4 is 9.62 Å². The molecule has 7 nitrogen and oxygen atoms in total. The Morgan fingerprint density at radius 1 is 1.03 bits per heavy atom. The van der Waals surface area contributed by atoms with Crippen LogP contribution in [0, 0.1) is 6.92 Å². The van der Waals surface area contributed by atoms with Crippen LogP contribution in [0.5, 0.6) is 0 Å². The van der Waals surface area contributed by atoms with Gasteiger partial charge in [-0.25, -0.2) is 8.42 Å². The molecule has 3 aromatic rings. The lowest BCUT2D eigenvalue weighted by Crippen LogP contribution is -2.51. The number of carbonyl (C=O) groups is 2. The molecule has 1 N–H and O–H groups in total. The van der Waals surface area contributed by atoms with Crippen molar-refractivity contribution in [2.24, 2.45) is 0 Å². The molecule has 3 rings (SSSR count). The highest BCUT2D eigenvalue weighted by Crippen LogP contribution is 2.33. The Morgan fingerprint density at radius 3 is 2.34 bits per heavy atom. The van der Waals surface area contributed by atoms with Gasteiger partial charge < -0.3 is 10.2 Å². The number of likely N-dealkylation sites (N-methyl/N-ethyl adjacent to an activating group) is 1. The van der Waals surface area contributed by atoms with Crippen LogP contribution in [0.4, 0.5) is 5.69 Å². The lowest BCUT2D eigenvalue weighted by atomic mass is 10.1. The van der Waals surface area contributed by atoms with Gasteiger partial charge in [-0.05, 0) is 68.8 Å². The Kier molecular flexibility index (Phi) is 10.2. The van der Waals surface area contributed by atoms with Crippen molar-refractivity contribution in [3.8, 4) is 0 Å². The second-order valence-corrected chi connectivity index (χ2v) is 12.3. The quantitative estimate of drug-likeness (QED) is 0.303. The van der Waals surface area contributed by atoms with E-state index in [0.717, 1.165) is 19.9 Å². The second-order valence-electron chi connectivity index (χ2n) is 8.64. The van der Waals surface area contributed by atoms with E-state index in [1.165, 1.54) is 35.2 Å². The zero-order valence-corrected chi connectivity index (χ0v) is 25.0. The average Bonchev–Trinajstić information content (AvgIpc) is 2.87. The van der Waals surface area contributed by atoms with Crippen molar-refractivity contribution >= 4 is 66.7 Å². The first-order valence-corrected chi connectivity index (χ1v) is 14.8. The Bertz CT molecular complexity index is 1420. The number of halogens is 3. The summed E-state index contributed by atoms with van der Waals surface area (Å²) < 4.78 is 29.4. The highest BCUT2D eigenvalue weighted by Gasteiger charge is 2.33. The minimum Gasteiger partial charge on any atom is -0.355 e. The summed E-state index contributed by atoms with van der Waals surface area (Å²) in [7, 11) is -4.24. The molecule has 0 spiro atoms. The smallest absolute Gasteiger partial charge is 0.264 e. The van der Waals surface area contributed by atoms with Crippen LogP contribution in [-0.4, -0.2) is 44.3 Å². The van der Waals surface area contributed by atoms with Crippen LogP contribution in [0.3, 0.4) is 0 Å². The summed E-state index contributed by atoms with van der Waals surface area (Å²) in [5, 5.41) is 3.09. The van der Waals surface area contributed by atoms with Gasteiger partial charge in [-0.3, -0.25) is 13.9 Å². The van der Waals surface area contributed by atoms with Crippen LogP contribution in [-0.2, 0) is 26.2 Å². The molecule has 202 valence electrons. The normalized spacial score (nSPS) is 12.1. The maximum Gasteiger partial charge on any atom is 0.264 e. The summed E-state index contributed by atoms with van der Waals surface area (Å²) >= 11 is 16.0. The number of hydrogen-bond acceptors (Lipinski definition) is 4. The van der Waals surface area contributed by atoms with Crippen molar-refractivity contribution in [2.45, 2.75) is 38.3 Å². The molecule has 0 saturated heterocycles. The van der Waals surface area contributed by atoms with Crippen LogP contribution in [0.15, 0.2) is 76.1 Å². The van der Waals surface area contributed by atoms with Crippen LogP contribution >= 0.6 is 39.1 Å². The summed E-state index contributed by atoms with van der Waals surface area (Å²) in [5.74, 6) is -0.944. The van der Waals surface area contributed by atoms with Gasteiger partial charge in [0, 0.05) is 22.6 Å². The largest absolute Gasteiger partial charge is 0.355 e. The molecule has 0 radical (unpaired) electrons. The maximum absolute atomic E-state index is 13.8. The Balaban J connectivity index is 2.08. The van der Waals surface area contributed by atoms with Crippen LogP contribution in [0.25, 0.3) is 0 Å². The van der Waals surface area contributed by atoms with E-state index in [0.29, 0.717) is 6.54 Å². The number of nitrogens with zero attached hydrogens (tertiary/aromatic N) is 2. The molecular weight excluding hydrogens is 613 g/mol. The first kappa shape index (κ1) is 30.0. The van der Waals surface area contributed by atoms with E-state index >= 15 is 0 Å². The van der Waals surface area contributed by atoms with Crippen LogP contribution in [0.2, 0.25) is 10.0 Å². The minimum absolute atomic E-state index is 0.0118. The first-order chi connectivity index (χ1) is 17.9. The fourth-order valence-electron chi connectivity index (χ4n) is 3.76. The van der Waals surface area contributed by atoms with Gasteiger partial charge in [-0.15, -0.1) is 0 Å². The fraction of sp³-hybridized carbons (Fsp3) is 0.259. The predicted octanol–water partition coefficient (Wildman–Crippen LogP) is 5.81. The Morgan fingerprint density at radius 2 is 1.71 bits per heavy atom. The van der Waals surface area contributed by atoms with Crippen molar-refractivity contribution in [1.82, 2.24) is 10.2 Å². The highest BCUT2D eigenvalue weighted by molar-refractivity contribution is 9.10.